The zero-order valence-electron chi connectivity index (χ0n) is 11.6. The van der Waals surface area contributed by atoms with Gasteiger partial charge in [0.25, 0.3) is 5.56 Å². The minimum atomic E-state index is -0.146. The molecule has 1 aromatic carbocycles. The maximum Gasteiger partial charge on any atom is 0.268 e. The van der Waals surface area contributed by atoms with Gasteiger partial charge in [-0.05, 0) is 12.1 Å². The van der Waals surface area contributed by atoms with Crippen LogP contribution in [0.25, 0.3) is 0 Å². The Morgan fingerprint density at radius 2 is 2.15 bits per heavy atom. The SMILES string of the molecule is CN(C)c1cnn(CCOc2cccc(N)c2)c(=O)c1. The molecule has 1 aromatic heterocycles. The highest BCUT2D eigenvalue weighted by Crippen LogP contribution is 2.14. The summed E-state index contributed by atoms with van der Waals surface area (Å²) in [5.41, 5.74) is 6.94. The molecule has 0 unspecified atom stereocenters. The minimum Gasteiger partial charge on any atom is -0.492 e. The highest BCUT2D eigenvalue weighted by atomic mass is 16.5. The van der Waals surface area contributed by atoms with E-state index in [1.54, 1.807) is 24.4 Å². The summed E-state index contributed by atoms with van der Waals surface area (Å²) in [5.74, 6) is 0.683. The van der Waals surface area contributed by atoms with Crippen molar-refractivity contribution in [2.75, 3.05) is 31.3 Å². The lowest BCUT2D eigenvalue weighted by atomic mass is 10.3. The van der Waals surface area contributed by atoms with Crippen molar-refractivity contribution < 1.29 is 4.74 Å². The number of hydrogen-bond acceptors (Lipinski definition) is 5. The number of hydrogen-bond donors (Lipinski definition) is 1. The van der Waals surface area contributed by atoms with E-state index in [0.717, 1.165) is 5.69 Å². The van der Waals surface area contributed by atoms with Crippen molar-refractivity contribution in [2.24, 2.45) is 0 Å². The van der Waals surface area contributed by atoms with Crippen LogP contribution in [0.3, 0.4) is 0 Å². The molecule has 20 heavy (non-hydrogen) atoms. The lowest BCUT2D eigenvalue weighted by molar-refractivity contribution is 0.288. The van der Waals surface area contributed by atoms with E-state index in [1.165, 1.54) is 4.68 Å². The average molecular weight is 274 g/mol. The second-order valence-corrected chi connectivity index (χ2v) is 4.59. The van der Waals surface area contributed by atoms with Gasteiger partial charge < -0.3 is 15.4 Å². The van der Waals surface area contributed by atoms with Crippen molar-refractivity contribution in [1.29, 1.82) is 0 Å². The molecule has 0 atom stereocenters. The second kappa shape index (κ2) is 6.10. The van der Waals surface area contributed by atoms with Gasteiger partial charge in [0.1, 0.15) is 12.4 Å². The van der Waals surface area contributed by atoms with Gasteiger partial charge in [0.15, 0.2) is 0 Å². The van der Waals surface area contributed by atoms with Crippen molar-refractivity contribution in [3.05, 3.63) is 46.9 Å². The third-order valence-electron chi connectivity index (χ3n) is 2.80. The number of nitrogens with two attached hydrogens (primary N) is 1. The van der Waals surface area contributed by atoms with Crippen LogP contribution >= 0.6 is 0 Å². The van der Waals surface area contributed by atoms with Crippen LogP contribution in [-0.4, -0.2) is 30.5 Å². The van der Waals surface area contributed by atoms with Crippen LogP contribution in [0.15, 0.2) is 41.3 Å². The minimum absolute atomic E-state index is 0.146. The van der Waals surface area contributed by atoms with Gasteiger partial charge in [-0.1, -0.05) is 6.07 Å². The van der Waals surface area contributed by atoms with Crippen LogP contribution in [0.5, 0.6) is 5.75 Å². The number of ether oxygens (including phenoxy) is 1. The van der Waals surface area contributed by atoms with E-state index in [1.807, 2.05) is 31.1 Å². The number of nitrogens with zero attached hydrogens (tertiary/aromatic N) is 3. The summed E-state index contributed by atoms with van der Waals surface area (Å²) in [7, 11) is 3.73. The molecule has 0 aliphatic carbocycles. The van der Waals surface area contributed by atoms with Crippen molar-refractivity contribution in [3.63, 3.8) is 0 Å². The predicted octanol–water partition coefficient (Wildman–Crippen LogP) is 0.971. The Morgan fingerprint density at radius 3 is 2.80 bits per heavy atom. The first-order valence-corrected chi connectivity index (χ1v) is 6.29. The first-order valence-electron chi connectivity index (χ1n) is 6.29. The molecule has 0 bridgehead atoms. The van der Waals surface area contributed by atoms with Gasteiger partial charge in [-0.15, -0.1) is 0 Å². The van der Waals surface area contributed by atoms with Crippen LogP contribution in [0, 0.1) is 0 Å². The third kappa shape index (κ3) is 3.50. The molecule has 0 spiro atoms. The summed E-state index contributed by atoms with van der Waals surface area (Å²) in [6.45, 7) is 0.749. The van der Waals surface area contributed by atoms with Crippen LogP contribution in [0.2, 0.25) is 0 Å². The summed E-state index contributed by atoms with van der Waals surface area (Å²) in [6, 6.07) is 8.72. The van der Waals surface area contributed by atoms with Gasteiger partial charge in [0.2, 0.25) is 0 Å². The Labute approximate surface area is 117 Å². The summed E-state index contributed by atoms with van der Waals surface area (Å²) in [4.78, 5) is 13.7. The Hall–Kier alpha value is -2.50. The molecule has 1 heterocycles. The molecule has 2 N–H and O–H groups in total. The molecule has 2 rings (SSSR count). The lowest BCUT2D eigenvalue weighted by Gasteiger charge is -2.12. The van der Waals surface area contributed by atoms with Crippen molar-refractivity contribution in [3.8, 4) is 5.75 Å². The summed E-state index contributed by atoms with van der Waals surface area (Å²) in [5, 5.41) is 4.11. The molecule has 0 aliphatic heterocycles. The average Bonchev–Trinajstić information content (AvgIpc) is 2.40. The van der Waals surface area contributed by atoms with Crippen LogP contribution in [0.4, 0.5) is 11.4 Å². The molecule has 2 aromatic rings. The molecule has 0 saturated carbocycles. The molecule has 6 heteroatoms. The molecule has 6 nitrogen and oxygen atoms in total. The molecule has 106 valence electrons. The van der Waals surface area contributed by atoms with Crippen molar-refractivity contribution in [2.45, 2.75) is 6.54 Å². The fourth-order valence-electron chi connectivity index (χ4n) is 1.69. The lowest BCUT2D eigenvalue weighted by Crippen LogP contribution is -2.26. The fraction of sp³-hybridized carbons (Fsp3) is 0.286. The summed E-state index contributed by atoms with van der Waals surface area (Å²) >= 11 is 0. The quantitative estimate of drug-likeness (QED) is 0.822. The monoisotopic (exact) mass is 274 g/mol. The van der Waals surface area contributed by atoms with E-state index < -0.39 is 0 Å². The standard InChI is InChI=1S/C14H18N4O2/c1-17(2)12-9-14(19)18(16-10-12)6-7-20-13-5-3-4-11(15)8-13/h3-5,8-10H,6-7,15H2,1-2H3. The molecular weight excluding hydrogens is 256 g/mol. The number of nitrogen functional groups attached to an aromatic ring is 1. The maximum atomic E-state index is 11.8. The molecule has 0 saturated heterocycles. The highest BCUT2D eigenvalue weighted by molar-refractivity contribution is 5.43. The molecule has 0 aliphatic rings. The van der Waals surface area contributed by atoms with Crippen LogP contribution < -0.4 is 20.9 Å². The highest BCUT2D eigenvalue weighted by Gasteiger charge is 2.02. The van der Waals surface area contributed by atoms with Gasteiger partial charge in [-0.25, -0.2) is 4.68 Å². The Balaban J connectivity index is 1.96. The first kappa shape index (κ1) is 13.9. The van der Waals surface area contributed by atoms with E-state index >= 15 is 0 Å². The van der Waals surface area contributed by atoms with E-state index in [0.29, 0.717) is 24.6 Å². The first-order chi connectivity index (χ1) is 9.56. The van der Waals surface area contributed by atoms with Gasteiger partial charge >= 0.3 is 0 Å². The smallest absolute Gasteiger partial charge is 0.268 e. The summed E-state index contributed by atoms with van der Waals surface area (Å²) in [6.07, 6.45) is 1.65. The molecule has 0 fully saturated rings. The van der Waals surface area contributed by atoms with E-state index in [9.17, 15) is 4.79 Å². The van der Waals surface area contributed by atoms with Gasteiger partial charge in [0.05, 0.1) is 18.4 Å². The largest absolute Gasteiger partial charge is 0.492 e. The number of rotatable bonds is 5. The molecular formula is C14H18N4O2. The maximum absolute atomic E-state index is 11.8. The Bertz CT molecular complexity index is 637. The van der Waals surface area contributed by atoms with Gasteiger partial charge in [0, 0.05) is 31.9 Å². The zero-order chi connectivity index (χ0) is 14.5. The van der Waals surface area contributed by atoms with Crippen LogP contribution in [-0.2, 0) is 6.54 Å². The predicted molar refractivity (Wildman–Crippen MR) is 79.2 cm³/mol. The van der Waals surface area contributed by atoms with Crippen molar-refractivity contribution in [1.82, 2.24) is 9.78 Å². The normalized spacial score (nSPS) is 10.3. The fourth-order valence-corrected chi connectivity index (χ4v) is 1.69. The number of benzene rings is 1. The number of anilines is 2. The molecule has 0 radical (unpaired) electrons. The molecule has 0 amide bonds. The third-order valence-corrected chi connectivity index (χ3v) is 2.80. The van der Waals surface area contributed by atoms with Gasteiger partial charge in [-0.3, -0.25) is 4.79 Å². The van der Waals surface area contributed by atoms with E-state index in [4.69, 9.17) is 10.5 Å². The zero-order valence-corrected chi connectivity index (χ0v) is 11.6. The number of aromatic nitrogens is 2. The van der Waals surface area contributed by atoms with Crippen LogP contribution in [0.1, 0.15) is 0 Å². The summed E-state index contributed by atoms with van der Waals surface area (Å²) < 4.78 is 6.91. The Kier molecular flexibility index (Phi) is 4.24. The van der Waals surface area contributed by atoms with E-state index in [-0.39, 0.29) is 5.56 Å². The topological polar surface area (TPSA) is 73.4 Å². The second-order valence-electron chi connectivity index (χ2n) is 4.59. The Morgan fingerprint density at radius 1 is 1.35 bits per heavy atom. The van der Waals surface area contributed by atoms with Gasteiger partial charge in [-0.2, -0.15) is 5.10 Å². The van der Waals surface area contributed by atoms with Crippen molar-refractivity contribution >= 4 is 11.4 Å². The van der Waals surface area contributed by atoms with E-state index in [2.05, 4.69) is 5.10 Å².